The lowest BCUT2D eigenvalue weighted by atomic mass is 9.97. The minimum atomic E-state index is -4.39. The highest BCUT2D eigenvalue weighted by Crippen LogP contribution is 2.22. The zero-order valence-electron chi connectivity index (χ0n) is 11.7. The van der Waals surface area contributed by atoms with Gasteiger partial charge in [-0.1, -0.05) is 0 Å². The number of hydrogen-bond donors (Lipinski definition) is 1. The molecule has 5 nitrogen and oxygen atoms in total. The van der Waals surface area contributed by atoms with Crippen molar-refractivity contribution in [1.82, 2.24) is 4.90 Å². The van der Waals surface area contributed by atoms with E-state index in [-0.39, 0.29) is 31.4 Å². The Labute approximate surface area is 121 Å². The van der Waals surface area contributed by atoms with Gasteiger partial charge in [-0.3, -0.25) is 9.59 Å². The number of carboxylic acids is 1. The molecule has 1 amide bonds. The van der Waals surface area contributed by atoms with Crippen molar-refractivity contribution in [1.29, 1.82) is 0 Å². The first-order chi connectivity index (χ1) is 9.79. The van der Waals surface area contributed by atoms with Crippen LogP contribution in [0.25, 0.3) is 0 Å². The van der Waals surface area contributed by atoms with Gasteiger partial charge in [0.1, 0.15) is 6.61 Å². The van der Waals surface area contributed by atoms with Crippen LogP contribution in [0.5, 0.6) is 0 Å². The Morgan fingerprint density at radius 1 is 1.24 bits per heavy atom. The molecule has 0 radical (unpaired) electrons. The third-order valence-corrected chi connectivity index (χ3v) is 3.36. The van der Waals surface area contributed by atoms with E-state index in [2.05, 4.69) is 4.74 Å². The molecule has 0 aromatic carbocycles. The summed E-state index contributed by atoms with van der Waals surface area (Å²) in [7, 11) is 0. The summed E-state index contributed by atoms with van der Waals surface area (Å²) < 4.78 is 40.1. The monoisotopic (exact) mass is 311 g/mol. The van der Waals surface area contributed by atoms with Gasteiger partial charge in [-0.25, -0.2) is 0 Å². The average Bonchev–Trinajstić information content (AvgIpc) is 2.40. The number of piperidine rings is 1. The number of amides is 1. The van der Waals surface area contributed by atoms with E-state index in [0.29, 0.717) is 13.0 Å². The molecule has 1 heterocycles. The highest BCUT2D eigenvalue weighted by Gasteiger charge is 2.29. The second kappa shape index (κ2) is 8.21. The number of nitrogens with zero attached hydrogens (tertiary/aromatic N) is 1. The van der Waals surface area contributed by atoms with Gasteiger partial charge in [-0.05, 0) is 25.7 Å². The van der Waals surface area contributed by atoms with E-state index in [4.69, 9.17) is 5.11 Å². The van der Waals surface area contributed by atoms with E-state index in [1.807, 2.05) is 0 Å². The fourth-order valence-electron chi connectivity index (χ4n) is 2.41. The molecule has 1 aliphatic heterocycles. The lowest BCUT2D eigenvalue weighted by Crippen LogP contribution is -2.44. The predicted octanol–water partition coefficient (Wildman–Crippen LogP) is 2.20. The quantitative estimate of drug-likeness (QED) is 0.732. The van der Waals surface area contributed by atoms with Gasteiger partial charge in [-0.15, -0.1) is 0 Å². The van der Waals surface area contributed by atoms with Gasteiger partial charge in [0, 0.05) is 19.0 Å². The average molecular weight is 311 g/mol. The molecule has 1 aliphatic rings. The summed E-state index contributed by atoms with van der Waals surface area (Å²) >= 11 is 0. The van der Waals surface area contributed by atoms with Crippen LogP contribution >= 0.6 is 0 Å². The molecule has 0 saturated carbocycles. The van der Waals surface area contributed by atoms with Crippen LogP contribution in [0.2, 0.25) is 0 Å². The molecular weight excluding hydrogens is 291 g/mol. The van der Waals surface area contributed by atoms with Gasteiger partial charge in [0.05, 0.1) is 13.0 Å². The molecule has 0 aromatic rings. The Bertz CT molecular complexity index is 360. The Morgan fingerprint density at radius 3 is 2.57 bits per heavy atom. The van der Waals surface area contributed by atoms with Crippen molar-refractivity contribution in [3.05, 3.63) is 0 Å². The number of ether oxygens (including phenoxy) is 1. The number of aliphatic carboxylic acids is 1. The van der Waals surface area contributed by atoms with Crippen LogP contribution in [0.15, 0.2) is 0 Å². The maximum absolute atomic E-state index is 12.0. The first-order valence-corrected chi connectivity index (χ1v) is 6.95. The van der Waals surface area contributed by atoms with E-state index in [9.17, 15) is 22.8 Å². The van der Waals surface area contributed by atoms with E-state index >= 15 is 0 Å². The summed E-state index contributed by atoms with van der Waals surface area (Å²) in [5, 5.41) is 8.69. The normalized spacial score (nSPS) is 19.6. The maximum atomic E-state index is 12.0. The van der Waals surface area contributed by atoms with E-state index < -0.39 is 18.8 Å². The third kappa shape index (κ3) is 7.31. The standard InChI is InChI=1S/C13H20F3NO4/c14-13(15,16)9-21-8-6-11(18)17-7-2-1-3-10(17)4-5-12(19)20/h10H,1-9H2,(H,19,20). The van der Waals surface area contributed by atoms with Crippen LogP contribution in [0.3, 0.4) is 0 Å². The molecule has 8 heteroatoms. The van der Waals surface area contributed by atoms with Gasteiger partial charge in [0.2, 0.25) is 5.91 Å². The molecule has 0 aromatic heterocycles. The van der Waals surface area contributed by atoms with Crippen molar-refractivity contribution in [2.45, 2.75) is 50.7 Å². The van der Waals surface area contributed by atoms with Gasteiger partial charge < -0.3 is 14.7 Å². The molecule has 21 heavy (non-hydrogen) atoms. The molecule has 1 atom stereocenters. The largest absolute Gasteiger partial charge is 0.481 e. The first-order valence-electron chi connectivity index (χ1n) is 6.95. The fraction of sp³-hybridized carbons (Fsp3) is 0.846. The van der Waals surface area contributed by atoms with Crippen LogP contribution in [0, 0.1) is 0 Å². The molecule has 122 valence electrons. The highest BCUT2D eigenvalue weighted by molar-refractivity contribution is 5.76. The molecule has 0 spiro atoms. The SMILES string of the molecule is O=C(O)CCC1CCCCN1C(=O)CCOCC(F)(F)F. The summed E-state index contributed by atoms with van der Waals surface area (Å²) in [6.07, 6.45) is -1.64. The summed E-state index contributed by atoms with van der Waals surface area (Å²) in [6, 6.07) is -0.134. The molecule has 1 rings (SSSR count). The minimum Gasteiger partial charge on any atom is -0.481 e. The van der Waals surface area contributed by atoms with Gasteiger partial charge in [0.25, 0.3) is 0 Å². The number of rotatable bonds is 7. The van der Waals surface area contributed by atoms with Crippen molar-refractivity contribution in [3.8, 4) is 0 Å². The van der Waals surface area contributed by atoms with Crippen molar-refractivity contribution in [2.75, 3.05) is 19.8 Å². The Kier molecular flexibility index (Phi) is 6.94. The van der Waals surface area contributed by atoms with Crippen molar-refractivity contribution >= 4 is 11.9 Å². The summed E-state index contributed by atoms with van der Waals surface area (Å²) in [5.41, 5.74) is 0. The van der Waals surface area contributed by atoms with E-state index in [0.717, 1.165) is 19.3 Å². The molecular formula is C13H20F3NO4. The highest BCUT2D eigenvalue weighted by atomic mass is 19.4. The van der Waals surface area contributed by atoms with Gasteiger partial charge >= 0.3 is 12.1 Å². The molecule has 0 aliphatic carbocycles. The molecule has 1 unspecified atom stereocenters. The van der Waals surface area contributed by atoms with Crippen LogP contribution in [-0.2, 0) is 14.3 Å². The number of alkyl halides is 3. The van der Waals surface area contributed by atoms with Crippen LogP contribution in [-0.4, -0.2) is 53.9 Å². The van der Waals surface area contributed by atoms with Crippen molar-refractivity contribution < 1.29 is 32.6 Å². The minimum absolute atomic E-state index is 0.0149. The van der Waals surface area contributed by atoms with Crippen LogP contribution in [0.4, 0.5) is 13.2 Å². The summed E-state index contributed by atoms with van der Waals surface area (Å²) in [5.74, 6) is -1.19. The zero-order chi connectivity index (χ0) is 15.9. The summed E-state index contributed by atoms with van der Waals surface area (Å²) in [6.45, 7) is -1.11. The molecule has 0 bridgehead atoms. The van der Waals surface area contributed by atoms with Crippen LogP contribution < -0.4 is 0 Å². The van der Waals surface area contributed by atoms with Gasteiger partial charge in [-0.2, -0.15) is 13.2 Å². The fourth-order valence-corrected chi connectivity index (χ4v) is 2.41. The lowest BCUT2D eigenvalue weighted by Gasteiger charge is -2.35. The van der Waals surface area contributed by atoms with Crippen molar-refractivity contribution in [3.63, 3.8) is 0 Å². The predicted molar refractivity (Wildman–Crippen MR) is 67.7 cm³/mol. The topological polar surface area (TPSA) is 66.8 Å². The number of carboxylic acid groups (broad SMARTS) is 1. The molecule has 1 N–H and O–H groups in total. The Balaban J connectivity index is 2.36. The third-order valence-electron chi connectivity index (χ3n) is 3.36. The smallest absolute Gasteiger partial charge is 0.411 e. The zero-order valence-corrected chi connectivity index (χ0v) is 11.7. The van der Waals surface area contributed by atoms with E-state index in [1.54, 1.807) is 4.90 Å². The number of carbonyl (C=O) groups is 2. The van der Waals surface area contributed by atoms with Gasteiger partial charge in [0.15, 0.2) is 0 Å². The number of hydrogen-bond acceptors (Lipinski definition) is 3. The summed E-state index contributed by atoms with van der Waals surface area (Å²) in [4.78, 5) is 24.2. The van der Waals surface area contributed by atoms with Crippen LogP contribution in [0.1, 0.15) is 38.5 Å². The van der Waals surface area contributed by atoms with Crippen molar-refractivity contribution in [2.24, 2.45) is 0 Å². The first kappa shape index (κ1) is 17.7. The number of halogens is 3. The van der Waals surface area contributed by atoms with E-state index in [1.165, 1.54) is 0 Å². The maximum Gasteiger partial charge on any atom is 0.411 e. The number of carbonyl (C=O) groups excluding carboxylic acids is 1. The Morgan fingerprint density at radius 2 is 1.95 bits per heavy atom. The second-order valence-corrected chi connectivity index (χ2v) is 5.09. The Hall–Kier alpha value is -1.31. The second-order valence-electron chi connectivity index (χ2n) is 5.09. The molecule has 1 saturated heterocycles. The lowest BCUT2D eigenvalue weighted by molar-refractivity contribution is -0.175. The number of likely N-dealkylation sites (tertiary alicyclic amines) is 1. The molecule has 1 fully saturated rings.